The number of rotatable bonds is 4. The summed E-state index contributed by atoms with van der Waals surface area (Å²) in [6, 6.07) is 0.681. The number of ether oxygens (including phenoxy) is 1. The molecule has 3 aliphatic rings. The monoisotopic (exact) mass is 450 g/mol. The summed E-state index contributed by atoms with van der Waals surface area (Å²) in [5.41, 5.74) is 0. The van der Waals surface area contributed by atoms with E-state index in [9.17, 15) is 0 Å². The summed E-state index contributed by atoms with van der Waals surface area (Å²) >= 11 is 0. The molecule has 3 saturated heterocycles. The van der Waals surface area contributed by atoms with Gasteiger partial charge in [0.15, 0.2) is 5.96 Å². The highest BCUT2D eigenvalue weighted by molar-refractivity contribution is 14.0. The number of hydrogen-bond acceptors (Lipinski definition) is 3. The molecule has 0 aromatic carbocycles. The zero-order valence-corrected chi connectivity index (χ0v) is 17.9. The number of hydrogen-bond donors (Lipinski definition) is 1. The first kappa shape index (κ1) is 20.2. The number of fused-ring (bicyclic) bond motifs is 1. The lowest BCUT2D eigenvalue weighted by molar-refractivity contribution is -0.0454. The van der Waals surface area contributed by atoms with Crippen LogP contribution in [0.15, 0.2) is 4.99 Å². The first-order valence-corrected chi connectivity index (χ1v) is 9.47. The van der Waals surface area contributed by atoms with E-state index in [2.05, 4.69) is 34.0 Å². The summed E-state index contributed by atoms with van der Waals surface area (Å²) < 4.78 is 6.05. The smallest absolute Gasteiger partial charge is 0.193 e. The van der Waals surface area contributed by atoms with Crippen molar-refractivity contribution >= 4 is 29.9 Å². The Balaban J connectivity index is 0.00000208. The van der Waals surface area contributed by atoms with Gasteiger partial charge < -0.3 is 15.0 Å². The fourth-order valence-electron chi connectivity index (χ4n) is 4.43. The lowest BCUT2D eigenvalue weighted by Crippen LogP contribution is -2.51. The molecule has 3 heterocycles. The fourth-order valence-corrected chi connectivity index (χ4v) is 4.43. The van der Waals surface area contributed by atoms with E-state index < -0.39 is 0 Å². The van der Waals surface area contributed by atoms with Crippen molar-refractivity contribution < 1.29 is 4.74 Å². The van der Waals surface area contributed by atoms with E-state index in [1.54, 1.807) is 0 Å². The zero-order chi connectivity index (χ0) is 16.2. The van der Waals surface area contributed by atoms with Gasteiger partial charge in [0.1, 0.15) is 0 Å². The second-order valence-electron chi connectivity index (χ2n) is 7.90. The average Bonchev–Trinajstić information content (AvgIpc) is 3.16. The Hall–Kier alpha value is -0.0800. The molecule has 0 aliphatic carbocycles. The molecule has 3 fully saturated rings. The topological polar surface area (TPSA) is 40.1 Å². The van der Waals surface area contributed by atoms with E-state index in [1.807, 2.05) is 7.05 Å². The Morgan fingerprint density at radius 3 is 2.83 bits per heavy atom. The normalized spacial score (nSPS) is 31.2. The minimum absolute atomic E-state index is 0. The minimum atomic E-state index is 0. The van der Waals surface area contributed by atoms with Gasteiger partial charge in [0.2, 0.25) is 0 Å². The first-order valence-electron chi connectivity index (χ1n) is 9.47. The lowest BCUT2D eigenvalue weighted by atomic mass is 9.97. The van der Waals surface area contributed by atoms with Gasteiger partial charge in [-0.1, -0.05) is 13.8 Å². The molecule has 0 saturated carbocycles. The fraction of sp³-hybridized carbons (Fsp3) is 0.944. The van der Waals surface area contributed by atoms with Gasteiger partial charge in [-0.25, -0.2) is 0 Å². The van der Waals surface area contributed by atoms with Gasteiger partial charge in [-0.15, -0.1) is 24.0 Å². The van der Waals surface area contributed by atoms with Crippen LogP contribution in [0.2, 0.25) is 0 Å². The summed E-state index contributed by atoms with van der Waals surface area (Å²) in [5.74, 6) is 2.67. The molecule has 3 rings (SSSR count). The Labute approximate surface area is 164 Å². The Morgan fingerprint density at radius 2 is 2.08 bits per heavy atom. The van der Waals surface area contributed by atoms with Crippen LogP contribution in [-0.2, 0) is 4.74 Å². The molecule has 0 aromatic rings. The maximum Gasteiger partial charge on any atom is 0.193 e. The van der Waals surface area contributed by atoms with Gasteiger partial charge in [-0.05, 0) is 44.1 Å². The highest BCUT2D eigenvalue weighted by atomic mass is 127. The predicted molar refractivity (Wildman–Crippen MR) is 110 cm³/mol. The van der Waals surface area contributed by atoms with Crippen LogP contribution < -0.4 is 5.32 Å². The summed E-state index contributed by atoms with van der Waals surface area (Å²) in [5, 5.41) is 3.56. The lowest BCUT2D eigenvalue weighted by Gasteiger charge is -2.35. The van der Waals surface area contributed by atoms with Crippen molar-refractivity contribution in [2.75, 3.05) is 46.4 Å². The molecule has 3 atom stereocenters. The van der Waals surface area contributed by atoms with Gasteiger partial charge in [0.25, 0.3) is 0 Å². The number of nitrogens with zero attached hydrogens (tertiary/aromatic N) is 3. The van der Waals surface area contributed by atoms with E-state index >= 15 is 0 Å². The molecule has 0 spiro atoms. The second-order valence-corrected chi connectivity index (χ2v) is 7.90. The third-order valence-electron chi connectivity index (χ3n) is 5.55. The average molecular weight is 450 g/mol. The van der Waals surface area contributed by atoms with Gasteiger partial charge >= 0.3 is 0 Å². The van der Waals surface area contributed by atoms with Crippen LogP contribution in [0.4, 0.5) is 0 Å². The van der Waals surface area contributed by atoms with Crippen molar-refractivity contribution in [2.24, 2.45) is 16.8 Å². The van der Waals surface area contributed by atoms with Crippen molar-refractivity contribution in [1.29, 1.82) is 0 Å². The van der Waals surface area contributed by atoms with Gasteiger partial charge in [0.05, 0.1) is 12.7 Å². The molecule has 3 unspecified atom stereocenters. The van der Waals surface area contributed by atoms with Crippen LogP contribution in [-0.4, -0.2) is 74.3 Å². The molecule has 24 heavy (non-hydrogen) atoms. The molecular formula is C18H35IN4O. The van der Waals surface area contributed by atoms with E-state index in [4.69, 9.17) is 4.74 Å². The molecule has 0 amide bonds. The van der Waals surface area contributed by atoms with Crippen molar-refractivity contribution in [3.63, 3.8) is 0 Å². The molecular weight excluding hydrogens is 415 g/mol. The summed E-state index contributed by atoms with van der Waals surface area (Å²) in [4.78, 5) is 9.53. The minimum Gasteiger partial charge on any atom is -0.373 e. The Kier molecular flexibility index (Phi) is 8.07. The van der Waals surface area contributed by atoms with E-state index in [-0.39, 0.29) is 24.0 Å². The van der Waals surface area contributed by atoms with Crippen molar-refractivity contribution in [3.8, 4) is 0 Å². The molecule has 5 nitrogen and oxygen atoms in total. The molecule has 6 heteroatoms. The molecule has 1 N–H and O–H groups in total. The summed E-state index contributed by atoms with van der Waals surface area (Å²) in [7, 11) is 1.90. The Morgan fingerprint density at radius 1 is 1.25 bits per heavy atom. The SMILES string of the molecule is CN=C(NCC1CN2CCCC2CO1)N1CCC(CC(C)C)C1.I. The van der Waals surface area contributed by atoms with E-state index in [1.165, 1.54) is 32.2 Å². The van der Waals surface area contributed by atoms with Crippen molar-refractivity contribution in [2.45, 2.75) is 51.7 Å². The zero-order valence-electron chi connectivity index (χ0n) is 15.5. The van der Waals surface area contributed by atoms with Gasteiger partial charge in [-0.2, -0.15) is 0 Å². The maximum atomic E-state index is 6.05. The third-order valence-corrected chi connectivity index (χ3v) is 5.55. The van der Waals surface area contributed by atoms with Gasteiger partial charge in [0, 0.05) is 39.3 Å². The van der Waals surface area contributed by atoms with Crippen LogP contribution >= 0.6 is 24.0 Å². The van der Waals surface area contributed by atoms with Crippen LogP contribution in [0.1, 0.15) is 39.5 Å². The standard InChI is InChI=1S/C18H34N4O.HI/c1-14(2)9-15-6-8-22(11-15)18(19-3)20-10-17-12-21-7-4-5-16(21)13-23-17;/h14-17H,4-13H2,1-3H3,(H,19,20);1H. The Bertz CT molecular complexity index is 418. The summed E-state index contributed by atoms with van der Waals surface area (Å²) in [6.45, 7) is 11.0. The van der Waals surface area contributed by atoms with Crippen LogP contribution in [0.5, 0.6) is 0 Å². The quantitative estimate of drug-likeness (QED) is 0.406. The highest BCUT2D eigenvalue weighted by Crippen LogP contribution is 2.24. The number of likely N-dealkylation sites (tertiary alicyclic amines) is 1. The first-order chi connectivity index (χ1) is 11.2. The number of morpholine rings is 1. The van der Waals surface area contributed by atoms with Crippen LogP contribution in [0.25, 0.3) is 0 Å². The van der Waals surface area contributed by atoms with E-state index in [0.717, 1.165) is 50.6 Å². The largest absolute Gasteiger partial charge is 0.373 e. The number of nitrogens with one attached hydrogen (secondary N) is 1. The maximum absolute atomic E-state index is 6.05. The van der Waals surface area contributed by atoms with Crippen LogP contribution in [0, 0.1) is 11.8 Å². The van der Waals surface area contributed by atoms with Crippen molar-refractivity contribution in [1.82, 2.24) is 15.1 Å². The summed E-state index contributed by atoms with van der Waals surface area (Å²) in [6.07, 6.45) is 5.58. The van der Waals surface area contributed by atoms with E-state index in [0.29, 0.717) is 12.1 Å². The van der Waals surface area contributed by atoms with Crippen molar-refractivity contribution in [3.05, 3.63) is 0 Å². The molecule has 0 bridgehead atoms. The number of halogens is 1. The molecule has 0 aromatic heterocycles. The predicted octanol–water partition coefficient (Wildman–Crippen LogP) is 2.41. The third kappa shape index (κ3) is 5.21. The second kappa shape index (κ2) is 9.57. The highest BCUT2D eigenvalue weighted by Gasteiger charge is 2.32. The molecule has 140 valence electrons. The van der Waals surface area contributed by atoms with Gasteiger partial charge in [-0.3, -0.25) is 9.89 Å². The molecule has 0 radical (unpaired) electrons. The molecule has 3 aliphatic heterocycles. The number of guanidine groups is 1. The van der Waals surface area contributed by atoms with Crippen LogP contribution in [0.3, 0.4) is 0 Å². The number of aliphatic imine (C=N–C) groups is 1.